The lowest BCUT2D eigenvalue weighted by Crippen LogP contribution is -2.30. The van der Waals surface area contributed by atoms with E-state index in [0.717, 1.165) is 48.7 Å². The van der Waals surface area contributed by atoms with Crippen LogP contribution in [0.5, 0.6) is 11.6 Å². The Morgan fingerprint density at radius 3 is 2.61 bits per heavy atom. The van der Waals surface area contributed by atoms with Gasteiger partial charge in [0, 0.05) is 19.3 Å². The Bertz CT molecular complexity index is 1240. The van der Waals surface area contributed by atoms with Gasteiger partial charge in [0.15, 0.2) is 0 Å². The van der Waals surface area contributed by atoms with Crippen molar-refractivity contribution in [1.29, 1.82) is 0 Å². The lowest BCUT2D eigenvalue weighted by atomic mass is 9.94. The second-order valence-electron chi connectivity index (χ2n) is 8.63. The topological polar surface area (TPSA) is 88.4 Å². The van der Waals surface area contributed by atoms with E-state index in [2.05, 4.69) is 21.0 Å². The van der Waals surface area contributed by atoms with E-state index in [-0.39, 0.29) is 17.8 Å². The van der Waals surface area contributed by atoms with Gasteiger partial charge in [-0.25, -0.2) is 9.97 Å². The highest BCUT2D eigenvalue weighted by Crippen LogP contribution is 2.34. The monoisotopic (exact) mass is 448 g/mol. The predicted molar refractivity (Wildman–Crippen MR) is 124 cm³/mol. The van der Waals surface area contributed by atoms with Gasteiger partial charge in [0.2, 0.25) is 5.88 Å². The van der Waals surface area contributed by atoms with E-state index in [1.807, 2.05) is 19.1 Å². The first kappa shape index (κ1) is 21.6. The van der Waals surface area contributed by atoms with Gasteiger partial charge >= 0.3 is 0 Å². The molecule has 0 bridgehead atoms. The van der Waals surface area contributed by atoms with Crippen molar-refractivity contribution in [2.24, 2.45) is 7.05 Å². The Labute approximate surface area is 192 Å². The Balaban J connectivity index is 1.36. The fourth-order valence-electron chi connectivity index (χ4n) is 4.53. The van der Waals surface area contributed by atoms with Crippen LogP contribution >= 0.6 is 0 Å². The molecule has 0 amide bonds. The van der Waals surface area contributed by atoms with Crippen LogP contribution in [-0.2, 0) is 11.8 Å². The Kier molecular flexibility index (Phi) is 6.09. The minimum Gasteiger partial charge on any atom is -0.488 e. The summed E-state index contributed by atoms with van der Waals surface area (Å²) in [5.74, 6) is 2.03. The fraction of sp³-hybridized carbons (Fsp3) is 0.440. The summed E-state index contributed by atoms with van der Waals surface area (Å²) in [4.78, 5) is 25.2. The highest BCUT2D eigenvalue weighted by molar-refractivity contribution is 5.86. The van der Waals surface area contributed by atoms with E-state index in [0.29, 0.717) is 30.7 Å². The molecule has 2 aliphatic rings. The number of rotatable bonds is 5. The molecule has 0 unspecified atom stereocenters. The summed E-state index contributed by atoms with van der Waals surface area (Å²) >= 11 is 0. The number of hydrogen-bond acceptors (Lipinski definition) is 7. The first-order valence-corrected chi connectivity index (χ1v) is 11.5. The molecule has 0 saturated heterocycles. The lowest BCUT2D eigenvalue weighted by molar-refractivity contribution is 0.0784. The van der Waals surface area contributed by atoms with Crippen LogP contribution in [0.4, 0.5) is 0 Å². The average molecular weight is 449 g/mol. The van der Waals surface area contributed by atoms with Gasteiger partial charge in [-0.2, -0.15) is 4.98 Å². The number of nitrogens with zero attached hydrogens (tertiary/aromatic N) is 4. The first-order chi connectivity index (χ1) is 16.1. The molecule has 8 heteroatoms. The quantitative estimate of drug-likeness (QED) is 0.589. The van der Waals surface area contributed by atoms with Crippen LogP contribution in [0, 0.1) is 6.92 Å². The van der Waals surface area contributed by atoms with E-state index < -0.39 is 0 Å². The Morgan fingerprint density at radius 1 is 1.09 bits per heavy atom. The summed E-state index contributed by atoms with van der Waals surface area (Å²) in [7, 11) is 1.76. The minimum atomic E-state index is -0.150. The highest BCUT2D eigenvalue weighted by atomic mass is 16.5. The lowest BCUT2D eigenvalue weighted by Gasteiger charge is -2.29. The molecule has 2 aromatic heterocycles. The molecule has 33 heavy (non-hydrogen) atoms. The molecule has 3 aromatic rings. The second kappa shape index (κ2) is 9.31. The Hall–Kier alpha value is -3.26. The van der Waals surface area contributed by atoms with Crippen molar-refractivity contribution in [3.05, 3.63) is 58.4 Å². The zero-order chi connectivity index (χ0) is 22.8. The first-order valence-electron chi connectivity index (χ1n) is 11.5. The number of benzene rings is 1. The van der Waals surface area contributed by atoms with E-state index in [4.69, 9.17) is 14.2 Å². The van der Waals surface area contributed by atoms with E-state index in [1.54, 1.807) is 23.9 Å². The number of aromatic nitrogens is 4. The van der Waals surface area contributed by atoms with Gasteiger partial charge < -0.3 is 18.8 Å². The van der Waals surface area contributed by atoms with Crippen LogP contribution < -0.4 is 15.0 Å². The summed E-state index contributed by atoms with van der Waals surface area (Å²) < 4.78 is 19.7. The molecule has 1 saturated carbocycles. The average Bonchev–Trinajstić information content (AvgIpc) is 2.83. The van der Waals surface area contributed by atoms with Crippen molar-refractivity contribution in [1.82, 2.24) is 19.5 Å². The summed E-state index contributed by atoms with van der Waals surface area (Å²) in [6.45, 7) is 3.17. The maximum absolute atomic E-state index is 12.3. The van der Waals surface area contributed by atoms with Crippen molar-refractivity contribution in [2.75, 3.05) is 13.2 Å². The zero-order valence-corrected chi connectivity index (χ0v) is 19.0. The molecule has 1 aromatic carbocycles. The van der Waals surface area contributed by atoms with E-state index >= 15 is 0 Å². The van der Waals surface area contributed by atoms with Gasteiger partial charge in [0.25, 0.3) is 5.56 Å². The van der Waals surface area contributed by atoms with Crippen LogP contribution in [0.1, 0.15) is 43.5 Å². The SMILES string of the molecule is Cc1nccc(O[C@H]2CC[C@@H](Oc3cc(C4=CCOCC4)cc4ncc(=O)n(C)c34)CC2)n1. The molecule has 0 spiro atoms. The molecule has 5 rings (SSSR count). The maximum atomic E-state index is 12.3. The van der Waals surface area contributed by atoms with E-state index in [1.165, 1.54) is 11.8 Å². The van der Waals surface area contributed by atoms with Crippen LogP contribution in [0.2, 0.25) is 0 Å². The third-order valence-corrected chi connectivity index (χ3v) is 6.32. The van der Waals surface area contributed by atoms with Crippen LogP contribution in [0.3, 0.4) is 0 Å². The van der Waals surface area contributed by atoms with E-state index in [9.17, 15) is 4.79 Å². The molecule has 0 radical (unpaired) electrons. The van der Waals surface area contributed by atoms with Crippen molar-refractivity contribution < 1.29 is 14.2 Å². The van der Waals surface area contributed by atoms with Crippen molar-refractivity contribution in [2.45, 2.75) is 51.2 Å². The Morgan fingerprint density at radius 2 is 1.88 bits per heavy atom. The minimum absolute atomic E-state index is 0.0504. The van der Waals surface area contributed by atoms with Crippen molar-refractivity contribution in [3.63, 3.8) is 0 Å². The zero-order valence-electron chi connectivity index (χ0n) is 19.0. The van der Waals surface area contributed by atoms with Crippen molar-refractivity contribution in [3.8, 4) is 11.6 Å². The predicted octanol–water partition coefficient (Wildman–Crippen LogP) is 3.60. The number of fused-ring (bicyclic) bond motifs is 1. The van der Waals surface area contributed by atoms with Gasteiger partial charge in [-0.1, -0.05) is 6.08 Å². The third kappa shape index (κ3) is 4.75. The normalized spacial score (nSPS) is 21.0. The smallest absolute Gasteiger partial charge is 0.269 e. The largest absolute Gasteiger partial charge is 0.488 e. The molecule has 1 aliphatic carbocycles. The van der Waals surface area contributed by atoms with Crippen LogP contribution in [0.15, 0.2) is 41.5 Å². The molecule has 8 nitrogen and oxygen atoms in total. The molecule has 0 N–H and O–H groups in total. The molecular weight excluding hydrogens is 420 g/mol. The van der Waals surface area contributed by atoms with Gasteiger partial charge in [-0.3, -0.25) is 4.79 Å². The molecule has 0 atom stereocenters. The molecule has 1 aliphatic heterocycles. The van der Waals surface area contributed by atoms with Gasteiger partial charge in [0.1, 0.15) is 23.2 Å². The molecule has 3 heterocycles. The number of ether oxygens (including phenoxy) is 3. The maximum Gasteiger partial charge on any atom is 0.269 e. The van der Waals surface area contributed by atoms with Gasteiger partial charge in [-0.05, 0) is 62.3 Å². The summed E-state index contributed by atoms with van der Waals surface area (Å²) in [6.07, 6.45) is 9.69. The number of aryl methyl sites for hydroxylation is 2. The van der Waals surface area contributed by atoms with Crippen molar-refractivity contribution >= 4 is 16.6 Å². The fourth-order valence-corrected chi connectivity index (χ4v) is 4.53. The molecular formula is C25H28N4O4. The number of hydrogen-bond donors (Lipinski definition) is 0. The van der Waals surface area contributed by atoms with Crippen LogP contribution in [-0.4, -0.2) is 44.9 Å². The summed E-state index contributed by atoms with van der Waals surface area (Å²) in [6, 6.07) is 5.88. The van der Waals surface area contributed by atoms with Gasteiger partial charge in [0.05, 0.1) is 31.0 Å². The standard InChI is InChI=1S/C25H28N4O4/c1-16-26-10-7-23(28-16)33-20-5-3-19(4-6-20)32-22-14-18(17-8-11-31-12-9-17)13-21-25(22)29(2)24(30)15-27-21/h7-8,10,13-15,19-20H,3-6,9,11-12H2,1-2H3/t19-,20+. The summed E-state index contributed by atoms with van der Waals surface area (Å²) in [5.41, 5.74) is 3.63. The molecule has 1 fully saturated rings. The van der Waals surface area contributed by atoms with Crippen LogP contribution in [0.25, 0.3) is 16.6 Å². The highest BCUT2D eigenvalue weighted by Gasteiger charge is 2.25. The second-order valence-corrected chi connectivity index (χ2v) is 8.63. The summed E-state index contributed by atoms with van der Waals surface area (Å²) in [5, 5.41) is 0. The molecule has 172 valence electrons. The third-order valence-electron chi connectivity index (χ3n) is 6.32. The van der Waals surface area contributed by atoms with Gasteiger partial charge in [-0.15, -0.1) is 0 Å².